The predicted molar refractivity (Wildman–Crippen MR) is 80.3 cm³/mol. The molecule has 0 spiro atoms. The molecule has 0 fully saturated rings. The van der Waals surface area contributed by atoms with Crippen LogP contribution in [0.15, 0.2) is 67.0 Å². The first-order valence-electron chi connectivity index (χ1n) is 6.48. The third-order valence-corrected chi connectivity index (χ3v) is 3.36. The molecule has 0 saturated heterocycles. The molecule has 0 saturated carbocycles. The topological polar surface area (TPSA) is 38.7 Å². The van der Waals surface area contributed by atoms with Crippen molar-refractivity contribution >= 4 is 21.9 Å². The van der Waals surface area contributed by atoms with Gasteiger partial charge in [-0.2, -0.15) is 0 Å². The fourth-order valence-corrected chi connectivity index (χ4v) is 2.38. The van der Waals surface area contributed by atoms with Crippen LogP contribution in [0.3, 0.4) is 0 Å². The van der Waals surface area contributed by atoms with Crippen LogP contribution in [0, 0.1) is 0 Å². The van der Waals surface area contributed by atoms with Crippen molar-refractivity contribution in [2.75, 3.05) is 0 Å². The van der Waals surface area contributed by atoms with Crippen LogP contribution >= 0.6 is 0 Å². The van der Waals surface area contributed by atoms with E-state index in [1.54, 1.807) is 6.20 Å². The molecular weight excluding hydrogens is 246 g/mol. The summed E-state index contributed by atoms with van der Waals surface area (Å²) in [4.78, 5) is 13.7. The Kier molecular flexibility index (Phi) is 2.42. The largest absolute Gasteiger partial charge is 0.256 e. The normalized spacial score (nSPS) is 11.0. The number of hydrogen-bond acceptors (Lipinski definition) is 3. The fourth-order valence-electron chi connectivity index (χ4n) is 2.38. The van der Waals surface area contributed by atoms with Gasteiger partial charge in [-0.3, -0.25) is 9.97 Å². The molecule has 0 atom stereocenters. The predicted octanol–water partition coefficient (Wildman–Crippen LogP) is 3.85. The van der Waals surface area contributed by atoms with E-state index in [9.17, 15) is 0 Å². The summed E-state index contributed by atoms with van der Waals surface area (Å²) in [5.74, 6) is 0. The summed E-state index contributed by atoms with van der Waals surface area (Å²) < 4.78 is 0. The van der Waals surface area contributed by atoms with Gasteiger partial charge in [0.15, 0.2) is 0 Å². The van der Waals surface area contributed by atoms with Crippen molar-refractivity contribution in [1.29, 1.82) is 0 Å². The number of hydrogen-bond donors (Lipinski definition) is 0. The first kappa shape index (κ1) is 11.1. The van der Waals surface area contributed by atoms with Crippen LogP contribution in [-0.4, -0.2) is 15.0 Å². The maximum Gasteiger partial charge on any atom is 0.0988 e. The Balaban J connectivity index is 2.05. The Morgan fingerprint density at radius 2 is 1.55 bits per heavy atom. The molecule has 0 aliphatic heterocycles. The zero-order valence-electron chi connectivity index (χ0n) is 10.7. The van der Waals surface area contributed by atoms with E-state index in [4.69, 9.17) is 4.98 Å². The second-order valence-corrected chi connectivity index (χ2v) is 4.62. The second kappa shape index (κ2) is 4.38. The minimum atomic E-state index is 0.884. The Labute approximate surface area is 116 Å². The quantitative estimate of drug-likeness (QED) is 0.486. The van der Waals surface area contributed by atoms with Gasteiger partial charge in [-0.05, 0) is 24.3 Å². The minimum absolute atomic E-state index is 0.884. The van der Waals surface area contributed by atoms with Crippen molar-refractivity contribution in [2.24, 2.45) is 0 Å². The number of rotatable bonds is 1. The lowest BCUT2D eigenvalue weighted by atomic mass is 10.1. The molecule has 3 heteroatoms. The Morgan fingerprint density at radius 3 is 2.45 bits per heavy atom. The summed E-state index contributed by atoms with van der Waals surface area (Å²) in [7, 11) is 0. The van der Waals surface area contributed by atoms with Crippen molar-refractivity contribution in [3.8, 4) is 11.3 Å². The molecule has 0 aliphatic carbocycles. The van der Waals surface area contributed by atoms with E-state index < -0.39 is 0 Å². The standard InChI is InChI=1S/C17H11N3/c1-2-5-12(6-3-1)16-11-19-15-9-8-14-13(17(15)20-16)7-4-10-18-14/h1-11H. The molecule has 0 N–H and O–H groups in total. The summed E-state index contributed by atoms with van der Waals surface area (Å²) in [5, 5.41) is 1.04. The summed E-state index contributed by atoms with van der Waals surface area (Å²) in [6, 6.07) is 18.0. The highest BCUT2D eigenvalue weighted by Crippen LogP contribution is 2.24. The van der Waals surface area contributed by atoms with Crippen molar-refractivity contribution in [2.45, 2.75) is 0 Å². The summed E-state index contributed by atoms with van der Waals surface area (Å²) >= 11 is 0. The molecule has 0 unspecified atom stereocenters. The molecule has 4 aromatic rings. The van der Waals surface area contributed by atoms with Crippen molar-refractivity contribution < 1.29 is 0 Å². The molecule has 0 bridgehead atoms. The number of benzene rings is 2. The molecule has 2 heterocycles. The number of pyridine rings is 1. The second-order valence-electron chi connectivity index (χ2n) is 4.62. The Bertz CT molecular complexity index is 901. The van der Waals surface area contributed by atoms with E-state index in [0.717, 1.165) is 33.2 Å². The number of aromatic nitrogens is 3. The van der Waals surface area contributed by atoms with Crippen molar-refractivity contribution in [3.05, 3.63) is 67.0 Å². The van der Waals surface area contributed by atoms with Gasteiger partial charge < -0.3 is 0 Å². The smallest absolute Gasteiger partial charge is 0.0988 e. The van der Waals surface area contributed by atoms with Crippen LogP contribution in [0.5, 0.6) is 0 Å². The van der Waals surface area contributed by atoms with E-state index in [2.05, 4.69) is 9.97 Å². The third kappa shape index (κ3) is 1.72. The monoisotopic (exact) mass is 257 g/mol. The average molecular weight is 257 g/mol. The van der Waals surface area contributed by atoms with Gasteiger partial charge in [0.2, 0.25) is 0 Å². The van der Waals surface area contributed by atoms with E-state index >= 15 is 0 Å². The van der Waals surface area contributed by atoms with Gasteiger partial charge in [0, 0.05) is 17.1 Å². The number of nitrogens with zero attached hydrogens (tertiary/aromatic N) is 3. The highest BCUT2D eigenvalue weighted by atomic mass is 14.8. The summed E-state index contributed by atoms with van der Waals surface area (Å²) in [6.45, 7) is 0. The SMILES string of the molecule is c1ccc(-c2cnc3ccc4ncccc4c3n2)cc1. The van der Waals surface area contributed by atoms with Gasteiger partial charge in [-0.1, -0.05) is 30.3 Å². The van der Waals surface area contributed by atoms with Crippen molar-refractivity contribution in [3.63, 3.8) is 0 Å². The number of fused-ring (bicyclic) bond motifs is 3. The summed E-state index contributed by atoms with van der Waals surface area (Å²) in [6.07, 6.45) is 3.61. The fraction of sp³-hybridized carbons (Fsp3) is 0. The average Bonchev–Trinajstić information content (AvgIpc) is 2.55. The molecule has 3 nitrogen and oxygen atoms in total. The molecule has 0 radical (unpaired) electrons. The van der Waals surface area contributed by atoms with Gasteiger partial charge in [-0.15, -0.1) is 0 Å². The lowest BCUT2D eigenvalue weighted by Crippen LogP contribution is -1.90. The van der Waals surface area contributed by atoms with Crippen LogP contribution in [0.1, 0.15) is 0 Å². The molecule has 2 aromatic heterocycles. The molecule has 2 aromatic carbocycles. The zero-order chi connectivity index (χ0) is 13.4. The Morgan fingerprint density at radius 1 is 0.700 bits per heavy atom. The molecule has 94 valence electrons. The van der Waals surface area contributed by atoms with E-state index in [0.29, 0.717) is 0 Å². The molecule has 20 heavy (non-hydrogen) atoms. The Hall–Kier alpha value is -2.81. The lowest BCUT2D eigenvalue weighted by molar-refractivity contribution is 1.30. The van der Waals surface area contributed by atoms with Crippen molar-refractivity contribution in [1.82, 2.24) is 15.0 Å². The first-order valence-corrected chi connectivity index (χ1v) is 6.48. The highest BCUT2D eigenvalue weighted by molar-refractivity contribution is 6.02. The van der Waals surface area contributed by atoms with E-state index in [1.165, 1.54) is 0 Å². The van der Waals surface area contributed by atoms with Crippen LogP contribution in [-0.2, 0) is 0 Å². The van der Waals surface area contributed by atoms with Crippen LogP contribution in [0.2, 0.25) is 0 Å². The zero-order valence-corrected chi connectivity index (χ0v) is 10.7. The lowest BCUT2D eigenvalue weighted by Gasteiger charge is -2.05. The van der Waals surface area contributed by atoms with Crippen LogP contribution in [0.25, 0.3) is 33.2 Å². The molecule has 0 amide bonds. The van der Waals surface area contributed by atoms with Crippen LogP contribution in [0.4, 0.5) is 0 Å². The van der Waals surface area contributed by atoms with Gasteiger partial charge in [0.1, 0.15) is 0 Å². The minimum Gasteiger partial charge on any atom is -0.256 e. The third-order valence-electron chi connectivity index (χ3n) is 3.36. The van der Waals surface area contributed by atoms with E-state index in [-0.39, 0.29) is 0 Å². The molecular formula is C17H11N3. The maximum atomic E-state index is 4.77. The van der Waals surface area contributed by atoms with Gasteiger partial charge >= 0.3 is 0 Å². The van der Waals surface area contributed by atoms with Crippen LogP contribution < -0.4 is 0 Å². The maximum absolute atomic E-state index is 4.77. The molecule has 0 aliphatic rings. The van der Waals surface area contributed by atoms with Gasteiger partial charge in [-0.25, -0.2) is 4.98 Å². The van der Waals surface area contributed by atoms with Gasteiger partial charge in [0.05, 0.1) is 28.4 Å². The molecule has 4 rings (SSSR count). The van der Waals surface area contributed by atoms with Gasteiger partial charge in [0.25, 0.3) is 0 Å². The van der Waals surface area contributed by atoms with E-state index in [1.807, 2.05) is 60.8 Å². The highest BCUT2D eigenvalue weighted by Gasteiger charge is 2.06. The first-order chi connectivity index (χ1) is 9.92. The summed E-state index contributed by atoms with van der Waals surface area (Å²) in [5.41, 5.74) is 4.69.